The van der Waals surface area contributed by atoms with Crippen LogP contribution in [0.2, 0.25) is 0 Å². The number of hydrogen-bond acceptors (Lipinski definition) is 2. The van der Waals surface area contributed by atoms with Gasteiger partial charge in [0.1, 0.15) is 0 Å². The summed E-state index contributed by atoms with van der Waals surface area (Å²) in [5, 5.41) is 8.81. The molecule has 0 aromatic heterocycles. The summed E-state index contributed by atoms with van der Waals surface area (Å²) in [6.07, 6.45) is 2.40. The van der Waals surface area contributed by atoms with E-state index in [-0.39, 0.29) is 0 Å². The van der Waals surface area contributed by atoms with E-state index in [1.807, 2.05) is 13.0 Å². The van der Waals surface area contributed by atoms with Gasteiger partial charge in [-0.2, -0.15) is 0 Å². The van der Waals surface area contributed by atoms with Crippen molar-refractivity contribution in [2.45, 2.75) is 40.2 Å². The number of aliphatic carboxylic acids is 1. The molecule has 0 unspecified atom stereocenters. The SMILES string of the molecule is CCC(=CCN(CC)C(C)C)C(=O)O. The standard InChI is InChI=1S/C11H21NO2/c1-5-10(11(13)14)7-8-12(6-2)9(3)4/h7,9H,5-6,8H2,1-4H3,(H,13,14). The first kappa shape index (κ1) is 13.2. The van der Waals surface area contributed by atoms with Crippen molar-refractivity contribution in [3.05, 3.63) is 11.6 Å². The monoisotopic (exact) mass is 199 g/mol. The van der Waals surface area contributed by atoms with Gasteiger partial charge in [-0.15, -0.1) is 0 Å². The molecule has 0 aliphatic carbocycles. The summed E-state index contributed by atoms with van der Waals surface area (Å²) in [6, 6.07) is 0.461. The Labute approximate surface area is 86.4 Å². The summed E-state index contributed by atoms with van der Waals surface area (Å²) in [6.45, 7) is 9.85. The van der Waals surface area contributed by atoms with Crippen LogP contribution in [-0.2, 0) is 4.79 Å². The Morgan fingerprint density at radius 3 is 2.29 bits per heavy atom. The molecular weight excluding hydrogens is 178 g/mol. The van der Waals surface area contributed by atoms with E-state index in [4.69, 9.17) is 5.11 Å². The van der Waals surface area contributed by atoms with E-state index in [1.54, 1.807) is 0 Å². The van der Waals surface area contributed by atoms with Crippen molar-refractivity contribution < 1.29 is 9.90 Å². The van der Waals surface area contributed by atoms with E-state index in [0.717, 1.165) is 13.1 Å². The zero-order chi connectivity index (χ0) is 11.1. The molecule has 3 nitrogen and oxygen atoms in total. The fourth-order valence-electron chi connectivity index (χ4n) is 1.32. The molecule has 0 radical (unpaired) electrons. The minimum atomic E-state index is -0.799. The summed E-state index contributed by atoms with van der Waals surface area (Å²) >= 11 is 0. The molecule has 0 fully saturated rings. The highest BCUT2D eigenvalue weighted by atomic mass is 16.4. The second kappa shape index (κ2) is 6.60. The number of carboxylic acids is 1. The lowest BCUT2D eigenvalue weighted by Crippen LogP contribution is -2.31. The average molecular weight is 199 g/mol. The predicted molar refractivity (Wildman–Crippen MR) is 58.4 cm³/mol. The van der Waals surface area contributed by atoms with Gasteiger partial charge in [0.15, 0.2) is 0 Å². The Kier molecular flexibility index (Phi) is 6.21. The third kappa shape index (κ3) is 4.42. The summed E-state index contributed by atoms with van der Waals surface area (Å²) in [5.74, 6) is -0.799. The Morgan fingerprint density at radius 2 is 2.00 bits per heavy atom. The third-order valence-electron chi connectivity index (χ3n) is 2.36. The molecule has 0 aromatic rings. The fourth-order valence-corrected chi connectivity index (χ4v) is 1.32. The van der Waals surface area contributed by atoms with Crippen LogP contribution in [0, 0.1) is 0 Å². The van der Waals surface area contributed by atoms with E-state index in [0.29, 0.717) is 18.0 Å². The zero-order valence-corrected chi connectivity index (χ0v) is 9.58. The molecule has 0 aromatic carbocycles. The van der Waals surface area contributed by atoms with Gasteiger partial charge in [0.05, 0.1) is 0 Å². The van der Waals surface area contributed by atoms with Crippen LogP contribution in [0.5, 0.6) is 0 Å². The Bertz CT molecular complexity index is 209. The summed E-state index contributed by atoms with van der Waals surface area (Å²) < 4.78 is 0. The molecule has 0 rings (SSSR count). The molecule has 0 bridgehead atoms. The van der Waals surface area contributed by atoms with Gasteiger partial charge in [0.25, 0.3) is 0 Å². The van der Waals surface area contributed by atoms with Crippen molar-refractivity contribution in [3.8, 4) is 0 Å². The summed E-state index contributed by atoms with van der Waals surface area (Å²) in [5.41, 5.74) is 0.504. The van der Waals surface area contributed by atoms with Gasteiger partial charge < -0.3 is 5.11 Å². The van der Waals surface area contributed by atoms with Crippen LogP contribution in [0.15, 0.2) is 11.6 Å². The minimum Gasteiger partial charge on any atom is -0.478 e. The maximum atomic E-state index is 10.7. The minimum absolute atomic E-state index is 0.461. The van der Waals surface area contributed by atoms with Crippen LogP contribution in [0.25, 0.3) is 0 Å². The van der Waals surface area contributed by atoms with Gasteiger partial charge in [-0.25, -0.2) is 4.79 Å². The zero-order valence-electron chi connectivity index (χ0n) is 9.58. The second-order valence-corrected chi connectivity index (χ2v) is 3.57. The van der Waals surface area contributed by atoms with Crippen molar-refractivity contribution >= 4 is 5.97 Å². The Balaban J connectivity index is 4.28. The van der Waals surface area contributed by atoms with E-state index in [2.05, 4.69) is 25.7 Å². The highest BCUT2D eigenvalue weighted by molar-refractivity contribution is 5.86. The molecule has 0 atom stereocenters. The molecule has 0 spiro atoms. The first-order chi connectivity index (χ1) is 6.52. The normalized spacial score (nSPS) is 12.6. The first-order valence-corrected chi connectivity index (χ1v) is 5.19. The lowest BCUT2D eigenvalue weighted by molar-refractivity contribution is -0.132. The molecule has 3 heteroatoms. The molecule has 0 aliphatic heterocycles. The first-order valence-electron chi connectivity index (χ1n) is 5.19. The average Bonchev–Trinajstić information content (AvgIpc) is 2.11. The Hall–Kier alpha value is -0.830. The van der Waals surface area contributed by atoms with Crippen LogP contribution < -0.4 is 0 Å². The molecule has 0 saturated heterocycles. The number of likely N-dealkylation sites (N-methyl/N-ethyl adjacent to an activating group) is 1. The van der Waals surface area contributed by atoms with Crippen molar-refractivity contribution in [3.63, 3.8) is 0 Å². The molecule has 14 heavy (non-hydrogen) atoms. The molecule has 0 saturated carbocycles. The second-order valence-electron chi connectivity index (χ2n) is 3.57. The molecular formula is C11H21NO2. The summed E-state index contributed by atoms with van der Waals surface area (Å²) in [7, 11) is 0. The third-order valence-corrected chi connectivity index (χ3v) is 2.36. The van der Waals surface area contributed by atoms with Crippen LogP contribution in [-0.4, -0.2) is 35.1 Å². The molecule has 82 valence electrons. The molecule has 0 amide bonds. The quantitative estimate of drug-likeness (QED) is 0.666. The maximum Gasteiger partial charge on any atom is 0.331 e. The largest absolute Gasteiger partial charge is 0.478 e. The van der Waals surface area contributed by atoms with Gasteiger partial charge in [-0.1, -0.05) is 19.9 Å². The van der Waals surface area contributed by atoms with Crippen LogP contribution >= 0.6 is 0 Å². The lowest BCUT2D eigenvalue weighted by atomic mass is 10.2. The van der Waals surface area contributed by atoms with Crippen molar-refractivity contribution in [2.75, 3.05) is 13.1 Å². The fraction of sp³-hybridized carbons (Fsp3) is 0.727. The van der Waals surface area contributed by atoms with Crippen LogP contribution in [0.4, 0.5) is 0 Å². The lowest BCUT2D eigenvalue weighted by Gasteiger charge is -2.23. The molecule has 0 heterocycles. The van der Waals surface area contributed by atoms with E-state index in [1.165, 1.54) is 0 Å². The maximum absolute atomic E-state index is 10.7. The smallest absolute Gasteiger partial charge is 0.331 e. The van der Waals surface area contributed by atoms with Crippen molar-refractivity contribution in [1.29, 1.82) is 0 Å². The number of hydrogen-bond donors (Lipinski definition) is 1. The number of nitrogens with zero attached hydrogens (tertiary/aromatic N) is 1. The van der Waals surface area contributed by atoms with Crippen LogP contribution in [0.3, 0.4) is 0 Å². The van der Waals surface area contributed by atoms with Gasteiger partial charge in [0.2, 0.25) is 0 Å². The number of rotatable bonds is 6. The highest BCUT2D eigenvalue weighted by Gasteiger charge is 2.07. The van der Waals surface area contributed by atoms with E-state index in [9.17, 15) is 4.79 Å². The topological polar surface area (TPSA) is 40.5 Å². The Morgan fingerprint density at radius 1 is 1.43 bits per heavy atom. The van der Waals surface area contributed by atoms with Gasteiger partial charge in [0, 0.05) is 18.2 Å². The van der Waals surface area contributed by atoms with E-state index >= 15 is 0 Å². The van der Waals surface area contributed by atoms with Gasteiger partial charge in [-0.3, -0.25) is 4.90 Å². The van der Waals surface area contributed by atoms with Crippen molar-refractivity contribution in [1.82, 2.24) is 4.90 Å². The van der Waals surface area contributed by atoms with E-state index < -0.39 is 5.97 Å². The van der Waals surface area contributed by atoms with Gasteiger partial charge >= 0.3 is 5.97 Å². The van der Waals surface area contributed by atoms with Crippen molar-refractivity contribution in [2.24, 2.45) is 0 Å². The number of carboxylic acid groups (broad SMARTS) is 1. The molecule has 0 aliphatic rings. The number of carbonyl (C=O) groups is 1. The van der Waals surface area contributed by atoms with Crippen LogP contribution in [0.1, 0.15) is 34.1 Å². The van der Waals surface area contributed by atoms with Gasteiger partial charge in [-0.05, 0) is 26.8 Å². The highest BCUT2D eigenvalue weighted by Crippen LogP contribution is 2.03. The summed E-state index contributed by atoms with van der Waals surface area (Å²) in [4.78, 5) is 12.9. The predicted octanol–water partition coefficient (Wildman–Crippen LogP) is 2.14. The molecule has 1 N–H and O–H groups in total.